The van der Waals surface area contributed by atoms with Crippen LogP contribution < -0.4 is 5.32 Å². The summed E-state index contributed by atoms with van der Waals surface area (Å²) in [6.07, 6.45) is 37.1. The lowest BCUT2D eigenvalue weighted by molar-refractivity contribution is -0.0654. The standard InChI is InChI=1S/C31H66N2O/c1-3-4-5-6-7-8-9-10-11-12-13-14-15-16-17-18-19-20-21-22-23-24-25-26-29-32-30-27-28-31-33(2)34/h32,34H,3-31H2,1-2H3. The van der Waals surface area contributed by atoms with Gasteiger partial charge in [-0.2, -0.15) is 5.06 Å². The smallest absolute Gasteiger partial charge is 0.0235 e. The molecule has 0 saturated heterocycles. The fourth-order valence-electron chi connectivity index (χ4n) is 4.93. The van der Waals surface area contributed by atoms with Gasteiger partial charge in [0.2, 0.25) is 0 Å². The molecule has 0 saturated carbocycles. The Hall–Kier alpha value is -0.120. The quantitative estimate of drug-likeness (QED) is 0.0789. The Bertz CT molecular complexity index is 348. The zero-order chi connectivity index (χ0) is 24.8. The molecular formula is C31H66N2O. The van der Waals surface area contributed by atoms with Crippen LogP contribution in [0.5, 0.6) is 0 Å². The minimum Gasteiger partial charge on any atom is -0.317 e. The molecule has 0 aliphatic carbocycles. The van der Waals surface area contributed by atoms with Gasteiger partial charge in [0.1, 0.15) is 0 Å². The van der Waals surface area contributed by atoms with Crippen molar-refractivity contribution >= 4 is 0 Å². The number of hydroxylamine groups is 2. The Morgan fingerprint density at radius 3 is 0.971 bits per heavy atom. The lowest BCUT2D eigenvalue weighted by atomic mass is 10.0. The van der Waals surface area contributed by atoms with Gasteiger partial charge in [0.25, 0.3) is 0 Å². The molecule has 0 aromatic heterocycles. The molecule has 0 radical (unpaired) electrons. The third-order valence-corrected chi connectivity index (χ3v) is 7.29. The van der Waals surface area contributed by atoms with E-state index in [9.17, 15) is 0 Å². The van der Waals surface area contributed by atoms with Gasteiger partial charge in [-0.25, -0.2) is 0 Å². The predicted molar refractivity (Wildman–Crippen MR) is 153 cm³/mol. The summed E-state index contributed by atoms with van der Waals surface area (Å²) in [5.41, 5.74) is 0. The van der Waals surface area contributed by atoms with Gasteiger partial charge in [-0.1, -0.05) is 155 Å². The Kier molecular flexibility index (Phi) is 30.8. The number of nitrogens with zero attached hydrogens (tertiary/aromatic N) is 1. The fourth-order valence-corrected chi connectivity index (χ4v) is 4.93. The van der Waals surface area contributed by atoms with Crippen molar-refractivity contribution in [2.75, 3.05) is 26.7 Å². The molecule has 0 bridgehead atoms. The van der Waals surface area contributed by atoms with Crippen LogP contribution in [0.25, 0.3) is 0 Å². The molecule has 2 N–H and O–H groups in total. The molecule has 0 amide bonds. The van der Waals surface area contributed by atoms with Gasteiger partial charge in [-0.05, 0) is 32.4 Å². The monoisotopic (exact) mass is 483 g/mol. The number of nitrogens with one attached hydrogen (secondary N) is 1. The number of hydrogen-bond donors (Lipinski definition) is 2. The van der Waals surface area contributed by atoms with Crippen molar-refractivity contribution in [1.29, 1.82) is 0 Å². The van der Waals surface area contributed by atoms with Crippen molar-refractivity contribution in [2.24, 2.45) is 0 Å². The second-order valence-electron chi connectivity index (χ2n) is 11.0. The van der Waals surface area contributed by atoms with Gasteiger partial charge in [0.05, 0.1) is 0 Å². The van der Waals surface area contributed by atoms with Crippen LogP contribution in [0.4, 0.5) is 0 Å². The van der Waals surface area contributed by atoms with E-state index in [0.717, 1.165) is 32.5 Å². The van der Waals surface area contributed by atoms with E-state index in [4.69, 9.17) is 5.21 Å². The van der Waals surface area contributed by atoms with E-state index in [1.165, 1.54) is 159 Å². The molecule has 0 aliphatic rings. The summed E-state index contributed by atoms with van der Waals surface area (Å²) >= 11 is 0. The molecule has 0 aromatic carbocycles. The first kappa shape index (κ1) is 33.9. The maximum Gasteiger partial charge on any atom is 0.0235 e. The van der Waals surface area contributed by atoms with E-state index in [1.54, 1.807) is 7.05 Å². The highest BCUT2D eigenvalue weighted by atomic mass is 16.5. The molecule has 0 aliphatic heterocycles. The Morgan fingerprint density at radius 1 is 0.412 bits per heavy atom. The van der Waals surface area contributed by atoms with Crippen molar-refractivity contribution in [3.8, 4) is 0 Å². The molecule has 3 heteroatoms. The molecule has 0 spiro atoms. The predicted octanol–water partition coefficient (Wildman–Crippen LogP) is 10.1. The van der Waals surface area contributed by atoms with Crippen molar-refractivity contribution in [3.63, 3.8) is 0 Å². The van der Waals surface area contributed by atoms with Crippen molar-refractivity contribution in [1.82, 2.24) is 10.4 Å². The first-order valence-corrected chi connectivity index (χ1v) is 15.9. The average Bonchev–Trinajstić information content (AvgIpc) is 2.83. The fraction of sp³-hybridized carbons (Fsp3) is 1.00. The first-order chi connectivity index (χ1) is 16.8. The van der Waals surface area contributed by atoms with Crippen LogP contribution in [0.15, 0.2) is 0 Å². The first-order valence-electron chi connectivity index (χ1n) is 15.9. The zero-order valence-corrected chi connectivity index (χ0v) is 23.9. The zero-order valence-electron chi connectivity index (χ0n) is 23.9. The lowest BCUT2D eigenvalue weighted by Crippen LogP contribution is -2.19. The minimum atomic E-state index is 0.779. The lowest BCUT2D eigenvalue weighted by Gasteiger charge is -2.08. The normalized spacial score (nSPS) is 11.6. The van der Waals surface area contributed by atoms with E-state index in [2.05, 4.69) is 12.2 Å². The Morgan fingerprint density at radius 2 is 0.676 bits per heavy atom. The van der Waals surface area contributed by atoms with Crippen LogP contribution >= 0.6 is 0 Å². The maximum atomic E-state index is 9.07. The molecular weight excluding hydrogens is 416 g/mol. The SMILES string of the molecule is CCCCCCCCCCCCCCCCCCCCCCCCCCNCCCCN(C)O. The number of hydrogen-bond acceptors (Lipinski definition) is 3. The second kappa shape index (κ2) is 30.9. The van der Waals surface area contributed by atoms with Crippen LogP contribution in [0.3, 0.4) is 0 Å². The summed E-state index contributed by atoms with van der Waals surface area (Å²) in [5, 5.41) is 13.9. The molecule has 0 fully saturated rings. The van der Waals surface area contributed by atoms with Crippen LogP contribution in [-0.2, 0) is 0 Å². The van der Waals surface area contributed by atoms with Crippen LogP contribution in [0.2, 0.25) is 0 Å². The highest BCUT2D eigenvalue weighted by molar-refractivity contribution is 4.53. The van der Waals surface area contributed by atoms with Crippen LogP contribution in [0, 0.1) is 0 Å². The summed E-state index contributed by atoms with van der Waals surface area (Å²) in [5.74, 6) is 0. The van der Waals surface area contributed by atoms with Crippen LogP contribution in [0.1, 0.15) is 174 Å². The summed E-state index contributed by atoms with van der Waals surface area (Å²) in [7, 11) is 1.72. The highest BCUT2D eigenvalue weighted by Crippen LogP contribution is 2.15. The van der Waals surface area contributed by atoms with Gasteiger partial charge in [-0.15, -0.1) is 0 Å². The maximum absolute atomic E-state index is 9.07. The van der Waals surface area contributed by atoms with Gasteiger partial charge < -0.3 is 10.5 Å². The third-order valence-electron chi connectivity index (χ3n) is 7.29. The van der Waals surface area contributed by atoms with E-state index in [0.29, 0.717) is 0 Å². The molecule has 3 nitrogen and oxygen atoms in total. The van der Waals surface area contributed by atoms with Gasteiger partial charge >= 0.3 is 0 Å². The van der Waals surface area contributed by atoms with Gasteiger partial charge in [-0.3, -0.25) is 0 Å². The minimum absolute atomic E-state index is 0.779. The summed E-state index contributed by atoms with van der Waals surface area (Å²) < 4.78 is 0. The molecule has 206 valence electrons. The molecule has 34 heavy (non-hydrogen) atoms. The average molecular weight is 483 g/mol. The summed E-state index contributed by atoms with van der Waals surface area (Å²) in [6, 6.07) is 0. The molecule has 0 unspecified atom stereocenters. The van der Waals surface area contributed by atoms with Crippen LogP contribution in [-0.4, -0.2) is 37.0 Å². The highest BCUT2D eigenvalue weighted by Gasteiger charge is 1.97. The molecule has 0 atom stereocenters. The molecule has 0 rings (SSSR count). The van der Waals surface area contributed by atoms with E-state index >= 15 is 0 Å². The number of unbranched alkanes of at least 4 members (excludes halogenated alkanes) is 24. The van der Waals surface area contributed by atoms with E-state index < -0.39 is 0 Å². The largest absolute Gasteiger partial charge is 0.317 e. The summed E-state index contributed by atoms with van der Waals surface area (Å²) in [6.45, 7) is 5.33. The van der Waals surface area contributed by atoms with E-state index in [1.807, 2.05) is 0 Å². The van der Waals surface area contributed by atoms with Crippen molar-refractivity contribution < 1.29 is 5.21 Å². The molecule has 0 aromatic rings. The second-order valence-corrected chi connectivity index (χ2v) is 11.0. The number of rotatable bonds is 30. The van der Waals surface area contributed by atoms with Gasteiger partial charge in [0, 0.05) is 13.6 Å². The third kappa shape index (κ3) is 31.9. The van der Waals surface area contributed by atoms with Crippen molar-refractivity contribution in [2.45, 2.75) is 174 Å². The summed E-state index contributed by atoms with van der Waals surface area (Å²) in [4.78, 5) is 0. The Labute approximate surface area is 216 Å². The van der Waals surface area contributed by atoms with E-state index in [-0.39, 0.29) is 0 Å². The van der Waals surface area contributed by atoms with Gasteiger partial charge in [0.15, 0.2) is 0 Å². The topological polar surface area (TPSA) is 35.5 Å². The van der Waals surface area contributed by atoms with Crippen molar-refractivity contribution in [3.05, 3.63) is 0 Å². The molecule has 0 heterocycles. The Balaban J connectivity index is 3.00.